The van der Waals surface area contributed by atoms with Crippen molar-refractivity contribution in [3.63, 3.8) is 0 Å². The van der Waals surface area contributed by atoms with Gasteiger partial charge < -0.3 is 10.5 Å². The van der Waals surface area contributed by atoms with Crippen molar-refractivity contribution >= 4 is 0 Å². The molecule has 0 aromatic carbocycles. The summed E-state index contributed by atoms with van der Waals surface area (Å²) < 4.78 is 5.43. The molecule has 0 radical (unpaired) electrons. The maximum absolute atomic E-state index is 5.72. The van der Waals surface area contributed by atoms with Gasteiger partial charge in [0.25, 0.3) is 0 Å². The number of hydrogen-bond donors (Lipinski definition) is 1. The van der Waals surface area contributed by atoms with E-state index in [1.165, 1.54) is 0 Å². The van der Waals surface area contributed by atoms with Gasteiger partial charge in [0.1, 0.15) is 6.10 Å². The van der Waals surface area contributed by atoms with Crippen molar-refractivity contribution in [1.82, 2.24) is 9.97 Å². The molecule has 1 rings (SSSR count). The molecular formula is C11H19N3O. The molecule has 0 aliphatic carbocycles. The lowest BCUT2D eigenvalue weighted by Gasteiger charge is -2.11. The lowest BCUT2D eigenvalue weighted by molar-refractivity contribution is 0.0698. The van der Waals surface area contributed by atoms with E-state index in [1.807, 2.05) is 26.8 Å². The summed E-state index contributed by atoms with van der Waals surface area (Å²) in [6.07, 6.45) is 2.48. The first-order chi connectivity index (χ1) is 7.13. The largest absolute Gasteiger partial charge is 0.371 e. The van der Waals surface area contributed by atoms with Gasteiger partial charge in [-0.3, -0.25) is 0 Å². The van der Waals surface area contributed by atoms with Crippen molar-refractivity contribution in [3.05, 3.63) is 23.8 Å². The summed E-state index contributed by atoms with van der Waals surface area (Å²) in [5.74, 6) is 0.731. The van der Waals surface area contributed by atoms with Crippen molar-refractivity contribution < 1.29 is 4.74 Å². The van der Waals surface area contributed by atoms with E-state index in [2.05, 4.69) is 9.97 Å². The zero-order valence-electron chi connectivity index (χ0n) is 9.60. The zero-order chi connectivity index (χ0) is 11.3. The highest BCUT2D eigenvalue weighted by atomic mass is 16.5. The Labute approximate surface area is 90.9 Å². The van der Waals surface area contributed by atoms with Gasteiger partial charge in [-0.25, -0.2) is 9.97 Å². The molecule has 1 aromatic heterocycles. The maximum atomic E-state index is 5.72. The molecule has 15 heavy (non-hydrogen) atoms. The fraction of sp³-hybridized carbons (Fsp3) is 0.636. The summed E-state index contributed by atoms with van der Waals surface area (Å²) in [7, 11) is 0. The first-order valence-electron chi connectivity index (χ1n) is 5.32. The highest BCUT2D eigenvalue weighted by Gasteiger charge is 2.09. The van der Waals surface area contributed by atoms with Crippen molar-refractivity contribution in [2.24, 2.45) is 5.73 Å². The van der Waals surface area contributed by atoms with Crippen molar-refractivity contribution in [2.45, 2.75) is 39.3 Å². The quantitative estimate of drug-likeness (QED) is 0.797. The minimum atomic E-state index is -0.0527. The maximum Gasteiger partial charge on any atom is 0.157 e. The van der Waals surface area contributed by atoms with E-state index in [9.17, 15) is 0 Å². The summed E-state index contributed by atoms with van der Waals surface area (Å²) in [6, 6.07) is 2.01. The zero-order valence-corrected chi connectivity index (χ0v) is 9.60. The smallest absolute Gasteiger partial charge is 0.157 e. The number of nitrogens with zero attached hydrogens (tertiary/aromatic N) is 2. The average Bonchev–Trinajstić information content (AvgIpc) is 2.17. The SMILES string of the molecule is CCOC(C)c1nccc(CC(C)N)n1. The lowest BCUT2D eigenvalue weighted by Crippen LogP contribution is -2.19. The Kier molecular flexibility index (Phi) is 4.65. The van der Waals surface area contributed by atoms with Crippen LogP contribution in [-0.2, 0) is 11.2 Å². The van der Waals surface area contributed by atoms with Gasteiger partial charge in [0, 0.05) is 31.0 Å². The number of aromatic nitrogens is 2. The Hall–Kier alpha value is -1.00. The van der Waals surface area contributed by atoms with Crippen LogP contribution >= 0.6 is 0 Å². The second-order valence-electron chi connectivity index (χ2n) is 3.69. The Balaban J connectivity index is 2.73. The van der Waals surface area contributed by atoms with Crippen LogP contribution in [0.1, 0.15) is 38.4 Å². The molecule has 2 N–H and O–H groups in total. The summed E-state index contributed by atoms with van der Waals surface area (Å²) in [6.45, 7) is 6.55. The first-order valence-corrected chi connectivity index (χ1v) is 5.32. The van der Waals surface area contributed by atoms with Crippen LogP contribution in [0.5, 0.6) is 0 Å². The monoisotopic (exact) mass is 209 g/mol. The molecule has 0 saturated carbocycles. The van der Waals surface area contributed by atoms with Crippen molar-refractivity contribution in [1.29, 1.82) is 0 Å². The Bertz CT molecular complexity index is 302. The van der Waals surface area contributed by atoms with E-state index in [4.69, 9.17) is 10.5 Å². The molecule has 1 aromatic rings. The molecule has 0 aliphatic heterocycles. The van der Waals surface area contributed by atoms with Crippen LogP contribution in [0, 0.1) is 0 Å². The van der Waals surface area contributed by atoms with E-state index in [0.29, 0.717) is 6.61 Å². The van der Waals surface area contributed by atoms with Crippen LogP contribution < -0.4 is 5.73 Å². The highest BCUT2D eigenvalue weighted by molar-refractivity contribution is 5.05. The number of rotatable bonds is 5. The average molecular weight is 209 g/mol. The fourth-order valence-electron chi connectivity index (χ4n) is 1.38. The van der Waals surface area contributed by atoms with Gasteiger partial charge in [0.15, 0.2) is 5.82 Å². The number of nitrogens with two attached hydrogens (primary N) is 1. The van der Waals surface area contributed by atoms with E-state index in [0.717, 1.165) is 17.9 Å². The van der Waals surface area contributed by atoms with Gasteiger partial charge in [-0.15, -0.1) is 0 Å². The predicted molar refractivity (Wildman–Crippen MR) is 59.4 cm³/mol. The molecule has 4 heteroatoms. The Morgan fingerprint density at radius 3 is 2.80 bits per heavy atom. The van der Waals surface area contributed by atoms with Gasteiger partial charge in [-0.2, -0.15) is 0 Å². The van der Waals surface area contributed by atoms with Gasteiger partial charge >= 0.3 is 0 Å². The highest BCUT2D eigenvalue weighted by Crippen LogP contribution is 2.11. The normalized spacial score (nSPS) is 14.9. The third kappa shape index (κ3) is 3.93. The molecule has 0 saturated heterocycles. The molecule has 0 bridgehead atoms. The van der Waals surface area contributed by atoms with Crippen LogP contribution in [0.25, 0.3) is 0 Å². The lowest BCUT2D eigenvalue weighted by atomic mass is 10.2. The van der Waals surface area contributed by atoms with Crippen molar-refractivity contribution in [3.8, 4) is 0 Å². The molecule has 4 nitrogen and oxygen atoms in total. The second kappa shape index (κ2) is 5.78. The van der Waals surface area contributed by atoms with Gasteiger partial charge in [0.2, 0.25) is 0 Å². The molecule has 0 amide bonds. The molecule has 2 unspecified atom stereocenters. The summed E-state index contributed by atoms with van der Waals surface area (Å²) >= 11 is 0. The molecule has 84 valence electrons. The molecular weight excluding hydrogens is 190 g/mol. The van der Waals surface area contributed by atoms with E-state index < -0.39 is 0 Å². The summed E-state index contributed by atoms with van der Waals surface area (Å²) in [5, 5.41) is 0. The van der Waals surface area contributed by atoms with Crippen LogP contribution in [0.3, 0.4) is 0 Å². The predicted octanol–water partition coefficient (Wildman–Crippen LogP) is 1.46. The Morgan fingerprint density at radius 1 is 1.47 bits per heavy atom. The van der Waals surface area contributed by atoms with Crippen LogP contribution in [0.15, 0.2) is 12.3 Å². The summed E-state index contributed by atoms with van der Waals surface area (Å²) in [4.78, 5) is 8.60. The van der Waals surface area contributed by atoms with Crippen LogP contribution in [-0.4, -0.2) is 22.6 Å². The number of hydrogen-bond acceptors (Lipinski definition) is 4. The topological polar surface area (TPSA) is 61.0 Å². The van der Waals surface area contributed by atoms with Gasteiger partial charge in [-0.05, 0) is 26.8 Å². The van der Waals surface area contributed by atoms with E-state index in [1.54, 1.807) is 6.20 Å². The number of ether oxygens (including phenoxy) is 1. The summed E-state index contributed by atoms with van der Waals surface area (Å²) in [5.41, 5.74) is 6.69. The first kappa shape index (κ1) is 12.1. The minimum Gasteiger partial charge on any atom is -0.371 e. The molecule has 0 spiro atoms. The van der Waals surface area contributed by atoms with Crippen LogP contribution in [0.2, 0.25) is 0 Å². The third-order valence-corrected chi connectivity index (χ3v) is 2.04. The Morgan fingerprint density at radius 2 is 2.20 bits per heavy atom. The molecule has 0 aliphatic rings. The molecule has 1 heterocycles. The van der Waals surface area contributed by atoms with Crippen molar-refractivity contribution in [2.75, 3.05) is 6.61 Å². The minimum absolute atomic E-state index is 0.0527. The van der Waals surface area contributed by atoms with E-state index >= 15 is 0 Å². The molecule has 0 fully saturated rings. The standard InChI is InChI=1S/C11H19N3O/c1-4-15-9(3)11-13-6-5-10(14-11)7-8(2)12/h5-6,8-9H,4,7,12H2,1-3H3. The molecule has 2 atom stereocenters. The van der Waals surface area contributed by atoms with Crippen LogP contribution in [0.4, 0.5) is 0 Å². The van der Waals surface area contributed by atoms with Gasteiger partial charge in [0.05, 0.1) is 0 Å². The fourth-order valence-corrected chi connectivity index (χ4v) is 1.38. The second-order valence-corrected chi connectivity index (χ2v) is 3.69. The van der Waals surface area contributed by atoms with Gasteiger partial charge in [-0.1, -0.05) is 0 Å². The van der Waals surface area contributed by atoms with E-state index in [-0.39, 0.29) is 12.1 Å². The third-order valence-electron chi connectivity index (χ3n) is 2.04.